The van der Waals surface area contributed by atoms with Gasteiger partial charge in [-0.25, -0.2) is 4.39 Å². The number of halogens is 4. The van der Waals surface area contributed by atoms with Crippen LogP contribution in [-0.4, -0.2) is 6.04 Å². The molecule has 0 heterocycles. The lowest BCUT2D eigenvalue weighted by molar-refractivity contribution is -0.137. The Bertz CT molecular complexity index is 383. The highest BCUT2D eigenvalue weighted by Gasteiger charge is 2.31. The molecule has 0 amide bonds. The van der Waals surface area contributed by atoms with Crippen LogP contribution < -0.4 is 5.32 Å². The normalized spacial score (nSPS) is 12.2. The first kappa shape index (κ1) is 15.0. The van der Waals surface area contributed by atoms with Crippen LogP contribution in [-0.2, 0) is 12.7 Å². The Balaban J connectivity index is 2.81. The van der Waals surface area contributed by atoms with Gasteiger partial charge in [-0.15, -0.1) is 0 Å². The quantitative estimate of drug-likeness (QED) is 0.788. The van der Waals surface area contributed by atoms with E-state index in [4.69, 9.17) is 0 Å². The molecule has 0 atom stereocenters. The lowest BCUT2D eigenvalue weighted by Crippen LogP contribution is -2.27. The van der Waals surface area contributed by atoms with Gasteiger partial charge in [-0.1, -0.05) is 13.8 Å². The van der Waals surface area contributed by atoms with Crippen LogP contribution in [0.1, 0.15) is 37.8 Å². The minimum atomic E-state index is -4.51. The second kappa shape index (κ2) is 6.18. The fourth-order valence-corrected chi connectivity index (χ4v) is 1.76. The first-order chi connectivity index (χ1) is 8.36. The van der Waals surface area contributed by atoms with E-state index in [9.17, 15) is 17.6 Å². The molecule has 1 aromatic carbocycles. The number of hydrogen-bond acceptors (Lipinski definition) is 1. The lowest BCUT2D eigenvalue weighted by atomic mass is 10.1. The predicted molar refractivity (Wildman–Crippen MR) is 62.6 cm³/mol. The number of benzene rings is 1. The van der Waals surface area contributed by atoms with Gasteiger partial charge in [0.25, 0.3) is 0 Å². The molecule has 0 saturated heterocycles. The second-order valence-corrected chi connectivity index (χ2v) is 4.24. The van der Waals surface area contributed by atoms with Gasteiger partial charge in [0.2, 0.25) is 0 Å². The van der Waals surface area contributed by atoms with E-state index in [2.05, 4.69) is 5.32 Å². The molecular formula is C13H17F4N. The Labute approximate surface area is 104 Å². The zero-order chi connectivity index (χ0) is 13.8. The molecular weight excluding hydrogens is 246 g/mol. The molecule has 0 saturated carbocycles. The molecule has 1 nitrogen and oxygen atoms in total. The largest absolute Gasteiger partial charge is 0.416 e. The van der Waals surface area contributed by atoms with Crippen molar-refractivity contribution in [2.75, 3.05) is 0 Å². The highest BCUT2D eigenvalue weighted by molar-refractivity contribution is 5.26. The van der Waals surface area contributed by atoms with Gasteiger partial charge in [0.1, 0.15) is 5.82 Å². The summed E-state index contributed by atoms with van der Waals surface area (Å²) in [5.74, 6) is -0.855. The summed E-state index contributed by atoms with van der Waals surface area (Å²) in [5.41, 5.74) is -0.627. The predicted octanol–water partition coefficient (Wildman–Crippen LogP) is 4.12. The summed E-state index contributed by atoms with van der Waals surface area (Å²) < 4.78 is 50.6. The van der Waals surface area contributed by atoms with E-state index >= 15 is 0 Å². The summed E-state index contributed by atoms with van der Waals surface area (Å²) in [6.07, 6.45) is -2.73. The molecule has 0 aliphatic heterocycles. The fourth-order valence-electron chi connectivity index (χ4n) is 1.76. The van der Waals surface area contributed by atoms with Crippen molar-refractivity contribution < 1.29 is 17.6 Å². The molecule has 1 N–H and O–H groups in total. The molecule has 0 aliphatic carbocycles. The molecule has 18 heavy (non-hydrogen) atoms. The van der Waals surface area contributed by atoms with Crippen LogP contribution in [0, 0.1) is 5.82 Å². The maximum atomic E-state index is 13.1. The van der Waals surface area contributed by atoms with E-state index in [1.54, 1.807) is 0 Å². The summed E-state index contributed by atoms with van der Waals surface area (Å²) in [6, 6.07) is 2.87. The Morgan fingerprint density at radius 3 is 2.22 bits per heavy atom. The summed E-state index contributed by atoms with van der Waals surface area (Å²) >= 11 is 0. The van der Waals surface area contributed by atoms with Crippen molar-refractivity contribution in [1.82, 2.24) is 5.32 Å². The van der Waals surface area contributed by atoms with E-state index in [0.29, 0.717) is 11.6 Å². The van der Waals surface area contributed by atoms with E-state index in [0.717, 1.165) is 25.0 Å². The molecule has 0 aliphatic rings. The highest BCUT2D eigenvalue weighted by atomic mass is 19.4. The van der Waals surface area contributed by atoms with Gasteiger partial charge in [0.15, 0.2) is 0 Å². The van der Waals surface area contributed by atoms with Gasteiger partial charge in [-0.05, 0) is 36.6 Å². The van der Waals surface area contributed by atoms with Gasteiger partial charge < -0.3 is 5.32 Å². The summed E-state index contributed by atoms with van der Waals surface area (Å²) in [4.78, 5) is 0. The van der Waals surface area contributed by atoms with E-state index in [1.165, 1.54) is 0 Å². The minimum Gasteiger partial charge on any atom is -0.310 e. The summed E-state index contributed by atoms with van der Waals surface area (Å²) in [5, 5.41) is 3.11. The number of hydrogen-bond donors (Lipinski definition) is 1. The van der Waals surface area contributed by atoms with Crippen LogP contribution in [0.15, 0.2) is 18.2 Å². The Kier molecular flexibility index (Phi) is 5.14. The fraction of sp³-hybridized carbons (Fsp3) is 0.538. The Morgan fingerprint density at radius 1 is 1.11 bits per heavy atom. The average Bonchev–Trinajstić information content (AvgIpc) is 2.28. The van der Waals surface area contributed by atoms with Crippen LogP contribution in [0.5, 0.6) is 0 Å². The van der Waals surface area contributed by atoms with E-state index in [-0.39, 0.29) is 12.6 Å². The molecule has 102 valence electrons. The molecule has 0 aromatic heterocycles. The van der Waals surface area contributed by atoms with Crippen LogP contribution in [0.4, 0.5) is 17.6 Å². The first-order valence-electron chi connectivity index (χ1n) is 5.96. The van der Waals surface area contributed by atoms with Gasteiger partial charge in [0, 0.05) is 12.6 Å². The topological polar surface area (TPSA) is 12.0 Å². The molecule has 1 rings (SSSR count). The van der Waals surface area contributed by atoms with E-state index in [1.807, 2.05) is 13.8 Å². The zero-order valence-electron chi connectivity index (χ0n) is 10.4. The maximum Gasteiger partial charge on any atom is 0.416 e. The van der Waals surface area contributed by atoms with Gasteiger partial charge >= 0.3 is 6.18 Å². The van der Waals surface area contributed by atoms with Crippen molar-refractivity contribution in [2.45, 2.75) is 45.5 Å². The third kappa shape index (κ3) is 4.29. The zero-order valence-corrected chi connectivity index (χ0v) is 10.4. The van der Waals surface area contributed by atoms with E-state index < -0.39 is 17.6 Å². The van der Waals surface area contributed by atoms with Crippen LogP contribution in [0.3, 0.4) is 0 Å². The van der Waals surface area contributed by atoms with Crippen molar-refractivity contribution in [3.8, 4) is 0 Å². The minimum absolute atomic E-state index is 0.239. The lowest BCUT2D eigenvalue weighted by Gasteiger charge is -2.15. The average molecular weight is 263 g/mol. The standard InChI is InChI=1S/C13H17F4N/c1-3-12(4-2)18-8-9-5-10(13(15,16)17)7-11(14)6-9/h5-7,12,18H,3-4,8H2,1-2H3. The molecule has 0 radical (unpaired) electrons. The smallest absolute Gasteiger partial charge is 0.310 e. The molecule has 0 fully saturated rings. The third-order valence-electron chi connectivity index (χ3n) is 2.87. The van der Waals surface area contributed by atoms with Crippen LogP contribution in [0.2, 0.25) is 0 Å². The molecule has 0 unspecified atom stereocenters. The van der Waals surface area contributed by atoms with Crippen molar-refractivity contribution in [2.24, 2.45) is 0 Å². The Morgan fingerprint density at radius 2 is 1.72 bits per heavy atom. The number of alkyl halides is 3. The summed E-state index contributed by atoms with van der Waals surface area (Å²) in [6.45, 7) is 4.23. The van der Waals surface area contributed by atoms with Crippen molar-refractivity contribution >= 4 is 0 Å². The molecule has 5 heteroatoms. The first-order valence-corrected chi connectivity index (χ1v) is 5.96. The van der Waals surface area contributed by atoms with Crippen molar-refractivity contribution in [3.63, 3.8) is 0 Å². The van der Waals surface area contributed by atoms with Gasteiger partial charge in [-0.3, -0.25) is 0 Å². The molecule has 0 bridgehead atoms. The second-order valence-electron chi connectivity index (χ2n) is 4.24. The third-order valence-corrected chi connectivity index (χ3v) is 2.87. The summed E-state index contributed by atoms with van der Waals surface area (Å²) in [7, 11) is 0. The molecule has 1 aromatic rings. The molecule has 0 spiro atoms. The monoisotopic (exact) mass is 263 g/mol. The van der Waals surface area contributed by atoms with Crippen molar-refractivity contribution in [3.05, 3.63) is 35.1 Å². The number of rotatable bonds is 5. The van der Waals surface area contributed by atoms with Crippen LogP contribution in [0.25, 0.3) is 0 Å². The van der Waals surface area contributed by atoms with Gasteiger partial charge in [-0.2, -0.15) is 13.2 Å². The maximum absolute atomic E-state index is 13.1. The van der Waals surface area contributed by atoms with Crippen molar-refractivity contribution in [1.29, 1.82) is 0 Å². The van der Waals surface area contributed by atoms with Crippen LogP contribution >= 0.6 is 0 Å². The SMILES string of the molecule is CCC(CC)NCc1cc(F)cc(C(F)(F)F)c1. The number of nitrogens with one attached hydrogen (secondary N) is 1. The highest BCUT2D eigenvalue weighted by Crippen LogP contribution is 2.30. The Hall–Kier alpha value is -1.10. The van der Waals surface area contributed by atoms with Gasteiger partial charge in [0.05, 0.1) is 5.56 Å².